The Labute approximate surface area is 101 Å². The Morgan fingerprint density at radius 2 is 2.35 bits per heavy atom. The summed E-state index contributed by atoms with van der Waals surface area (Å²) < 4.78 is 1.44. The molecule has 9 heteroatoms. The normalized spacial score (nSPS) is 10.5. The standard InChI is InChI=1S/C8H11N7OS/c1-15-7(16)13-14-8(15)17-4-5-2-11-6(12-9)3-10-5/h2-3H,4,9H2,1H3,(H,11,12)(H,13,16). The van der Waals surface area contributed by atoms with Crippen LogP contribution in [0.2, 0.25) is 0 Å². The Bertz CT molecular complexity index is 546. The van der Waals surface area contributed by atoms with Crippen molar-refractivity contribution in [1.82, 2.24) is 24.7 Å². The first-order valence-electron chi connectivity index (χ1n) is 4.72. The van der Waals surface area contributed by atoms with Crippen molar-refractivity contribution in [2.75, 3.05) is 5.43 Å². The van der Waals surface area contributed by atoms with Crippen molar-refractivity contribution in [1.29, 1.82) is 0 Å². The summed E-state index contributed by atoms with van der Waals surface area (Å²) in [5.41, 5.74) is 2.94. The number of hydrazine groups is 1. The lowest BCUT2D eigenvalue weighted by Crippen LogP contribution is -2.12. The van der Waals surface area contributed by atoms with E-state index in [1.807, 2.05) is 0 Å². The number of nitrogens with zero attached hydrogens (tertiary/aromatic N) is 4. The zero-order chi connectivity index (χ0) is 12.3. The zero-order valence-electron chi connectivity index (χ0n) is 9.04. The minimum Gasteiger partial charge on any atom is -0.307 e. The molecule has 0 unspecified atom stereocenters. The summed E-state index contributed by atoms with van der Waals surface area (Å²) in [4.78, 5) is 19.3. The monoisotopic (exact) mass is 253 g/mol. The van der Waals surface area contributed by atoms with Crippen LogP contribution in [0.15, 0.2) is 22.3 Å². The van der Waals surface area contributed by atoms with Gasteiger partial charge >= 0.3 is 5.69 Å². The quantitative estimate of drug-likeness (QED) is 0.381. The van der Waals surface area contributed by atoms with Gasteiger partial charge in [-0.05, 0) is 0 Å². The summed E-state index contributed by atoms with van der Waals surface area (Å²) in [5, 5.41) is 6.85. The molecule has 2 aromatic heterocycles. The number of nitrogens with one attached hydrogen (secondary N) is 2. The van der Waals surface area contributed by atoms with E-state index < -0.39 is 0 Å². The van der Waals surface area contributed by atoms with Crippen LogP contribution in [-0.4, -0.2) is 24.7 Å². The van der Waals surface area contributed by atoms with Crippen LogP contribution >= 0.6 is 11.8 Å². The molecule has 90 valence electrons. The van der Waals surface area contributed by atoms with E-state index in [0.29, 0.717) is 16.7 Å². The van der Waals surface area contributed by atoms with Gasteiger partial charge < -0.3 is 5.43 Å². The van der Waals surface area contributed by atoms with E-state index in [2.05, 4.69) is 25.6 Å². The summed E-state index contributed by atoms with van der Waals surface area (Å²) in [5.74, 6) is 6.26. The third-order valence-electron chi connectivity index (χ3n) is 2.04. The van der Waals surface area contributed by atoms with Crippen molar-refractivity contribution >= 4 is 17.6 Å². The predicted octanol–water partition coefficient (Wildman–Crippen LogP) is -0.524. The topological polar surface area (TPSA) is 115 Å². The number of thioether (sulfide) groups is 1. The van der Waals surface area contributed by atoms with E-state index in [9.17, 15) is 4.79 Å². The van der Waals surface area contributed by atoms with Gasteiger partial charge in [0, 0.05) is 12.8 Å². The number of hydrogen-bond acceptors (Lipinski definition) is 7. The zero-order valence-corrected chi connectivity index (χ0v) is 9.86. The van der Waals surface area contributed by atoms with E-state index in [-0.39, 0.29) is 5.69 Å². The van der Waals surface area contributed by atoms with E-state index >= 15 is 0 Å². The third kappa shape index (κ3) is 2.63. The maximum Gasteiger partial charge on any atom is 0.343 e. The van der Waals surface area contributed by atoms with Crippen molar-refractivity contribution in [2.24, 2.45) is 12.9 Å². The number of nitrogen functional groups attached to an aromatic ring is 1. The second-order valence-corrected chi connectivity index (χ2v) is 4.14. The highest BCUT2D eigenvalue weighted by Crippen LogP contribution is 2.17. The van der Waals surface area contributed by atoms with Crippen LogP contribution in [-0.2, 0) is 12.8 Å². The van der Waals surface area contributed by atoms with Crippen LogP contribution in [0.3, 0.4) is 0 Å². The van der Waals surface area contributed by atoms with Gasteiger partial charge in [-0.1, -0.05) is 11.8 Å². The summed E-state index contributed by atoms with van der Waals surface area (Å²) in [6, 6.07) is 0. The average molecular weight is 253 g/mol. The SMILES string of the molecule is Cn1c(SCc2cnc(NN)cn2)n[nH]c1=O. The van der Waals surface area contributed by atoms with Crippen molar-refractivity contribution < 1.29 is 0 Å². The molecular weight excluding hydrogens is 242 g/mol. The van der Waals surface area contributed by atoms with Crippen molar-refractivity contribution in [3.05, 3.63) is 28.6 Å². The van der Waals surface area contributed by atoms with Gasteiger partial charge in [0.2, 0.25) is 0 Å². The van der Waals surface area contributed by atoms with E-state index in [1.54, 1.807) is 19.4 Å². The Morgan fingerprint density at radius 1 is 1.53 bits per heavy atom. The molecule has 0 bridgehead atoms. The molecule has 17 heavy (non-hydrogen) atoms. The molecule has 0 radical (unpaired) electrons. The number of H-pyrrole nitrogens is 1. The number of rotatable bonds is 4. The predicted molar refractivity (Wildman–Crippen MR) is 63.2 cm³/mol. The summed E-state index contributed by atoms with van der Waals surface area (Å²) in [6.07, 6.45) is 3.16. The van der Waals surface area contributed by atoms with Gasteiger partial charge in [0.05, 0.1) is 18.1 Å². The van der Waals surface area contributed by atoms with E-state index in [0.717, 1.165) is 5.69 Å². The fraction of sp³-hybridized carbons (Fsp3) is 0.250. The van der Waals surface area contributed by atoms with Crippen LogP contribution in [0, 0.1) is 0 Å². The maximum atomic E-state index is 11.1. The Hall–Kier alpha value is -1.87. The van der Waals surface area contributed by atoms with Crippen LogP contribution in [0.25, 0.3) is 0 Å². The van der Waals surface area contributed by atoms with Crippen molar-refractivity contribution in [2.45, 2.75) is 10.9 Å². The minimum absolute atomic E-state index is 0.235. The number of nitrogens with two attached hydrogens (primary N) is 1. The van der Waals surface area contributed by atoms with Gasteiger partial charge in [-0.25, -0.2) is 20.7 Å². The van der Waals surface area contributed by atoms with Gasteiger partial charge in [-0.2, -0.15) is 0 Å². The molecule has 0 atom stereocenters. The first-order chi connectivity index (χ1) is 8.20. The molecule has 2 rings (SSSR count). The molecular formula is C8H11N7OS. The van der Waals surface area contributed by atoms with E-state index in [1.165, 1.54) is 16.3 Å². The minimum atomic E-state index is -0.235. The van der Waals surface area contributed by atoms with Gasteiger partial charge in [-0.15, -0.1) is 5.10 Å². The van der Waals surface area contributed by atoms with Gasteiger partial charge in [-0.3, -0.25) is 9.55 Å². The molecule has 2 aromatic rings. The largest absolute Gasteiger partial charge is 0.343 e. The Morgan fingerprint density at radius 3 is 2.88 bits per heavy atom. The molecule has 2 heterocycles. The van der Waals surface area contributed by atoms with Crippen LogP contribution < -0.4 is 17.0 Å². The van der Waals surface area contributed by atoms with Gasteiger partial charge in [0.25, 0.3) is 0 Å². The van der Waals surface area contributed by atoms with Gasteiger partial charge in [0.1, 0.15) is 0 Å². The molecule has 0 aromatic carbocycles. The fourth-order valence-electron chi connectivity index (χ4n) is 1.10. The van der Waals surface area contributed by atoms with Crippen LogP contribution in [0.1, 0.15) is 5.69 Å². The van der Waals surface area contributed by atoms with Crippen LogP contribution in [0.4, 0.5) is 5.82 Å². The molecule has 0 saturated carbocycles. The number of anilines is 1. The Kier molecular flexibility index (Phi) is 3.40. The molecule has 0 aliphatic heterocycles. The molecule has 0 aliphatic carbocycles. The second-order valence-electron chi connectivity index (χ2n) is 3.20. The summed E-state index contributed by atoms with van der Waals surface area (Å²) in [6.45, 7) is 0. The molecule has 4 N–H and O–H groups in total. The maximum absolute atomic E-state index is 11.1. The molecule has 8 nitrogen and oxygen atoms in total. The molecule has 0 fully saturated rings. The van der Waals surface area contributed by atoms with Crippen molar-refractivity contribution in [3.63, 3.8) is 0 Å². The molecule has 0 saturated heterocycles. The average Bonchev–Trinajstić information content (AvgIpc) is 2.68. The third-order valence-corrected chi connectivity index (χ3v) is 3.10. The lowest BCUT2D eigenvalue weighted by atomic mass is 10.5. The summed E-state index contributed by atoms with van der Waals surface area (Å²) >= 11 is 1.40. The molecule has 0 aliphatic rings. The van der Waals surface area contributed by atoms with Crippen LogP contribution in [0.5, 0.6) is 0 Å². The number of aromatic nitrogens is 5. The highest BCUT2D eigenvalue weighted by Gasteiger charge is 2.05. The number of hydrogen-bond donors (Lipinski definition) is 3. The molecule has 0 amide bonds. The smallest absolute Gasteiger partial charge is 0.307 e. The highest BCUT2D eigenvalue weighted by molar-refractivity contribution is 7.98. The van der Waals surface area contributed by atoms with Gasteiger partial charge in [0.15, 0.2) is 11.0 Å². The van der Waals surface area contributed by atoms with Crippen molar-refractivity contribution in [3.8, 4) is 0 Å². The number of aromatic amines is 1. The second kappa shape index (κ2) is 4.97. The first-order valence-corrected chi connectivity index (χ1v) is 5.71. The molecule has 0 spiro atoms. The first kappa shape index (κ1) is 11.6. The lowest BCUT2D eigenvalue weighted by molar-refractivity contribution is 0.765. The highest BCUT2D eigenvalue weighted by atomic mass is 32.2. The van der Waals surface area contributed by atoms with E-state index in [4.69, 9.17) is 5.84 Å². The fourth-order valence-corrected chi connectivity index (χ4v) is 1.92. The summed E-state index contributed by atoms with van der Waals surface area (Å²) in [7, 11) is 1.65. The Balaban J connectivity index is 2.02. The lowest BCUT2D eigenvalue weighted by Gasteiger charge is -2.01.